The fraction of sp³-hybridized carbons (Fsp3) is 0.136. The van der Waals surface area contributed by atoms with E-state index in [-0.39, 0.29) is 11.6 Å². The van der Waals surface area contributed by atoms with Crippen LogP contribution in [-0.4, -0.2) is 32.0 Å². The highest BCUT2D eigenvalue weighted by Gasteiger charge is 2.21. The first-order valence-corrected chi connectivity index (χ1v) is 9.72. The van der Waals surface area contributed by atoms with E-state index in [1.807, 2.05) is 83.7 Å². The molecular weight excluding hydrogens is 386 g/mol. The SMILES string of the molecule is O=C(NCCc1ccccc1)c1nnn(Cc2cccc(Cl)c2)c1-n1cccc1. The van der Waals surface area contributed by atoms with E-state index in [4.69, 9.17) is 11.6 Å². The number of nitrogens with one attached hydrogen (secondary N) is 1. The summed E-state index contributed by atoms with van der Waals surface area (Å²) in [5, 5.41) is 12.0. The number of hydrogen-bond acceptors (Lipinski definition) is 3. The average Bonchev–Trinajstić information content (AvgIpc) is 3.38. The van der Waals surface area contributed by atoms with Crippen LogP contribution >= 0.6 is 11.6 Å². The number of aromatic nitrogens is 4. The lowest BCUT2D eigenvalue weighted by Gasteiger charge is -2.10. The zero-order valence-corrected chi connectivity index (χ0v) is 16.5. The van der Waals surface area contributed by atoms with Gasteiger partial charge in [-0.25, -0.2) is 4.68 Å². The maximum absolute atomic E-state index is 12.8. The summed E-state index contributed by atoms with van der Waals surface area (Å²) in [6.45, 7) is 0.980. The molecule has 29 heavy (non-hydrogen) atoms. The van der Waals surface area contributed by atoms with Gasteiger partial charge in [0.05, 0.1) is 6.54 Å². The van der Waals surface area contributed by atoms with Crippen LogP contribution < -0.4 is 5.32 Å². The molecule has 0 spiro atoms. The molecule has 0 saturated heterocycles. The van der Waals surface area contributed by atoms with Gasteiger partial charge < -0.3 is 9.88 Å². The second kappa shape index (κ2) is 8.75. The van der Waals surface area contributed by atoms with Crippen LogP contribution in [0.2, 0.25) is 5.02 Å². The molecular formula is C22H20ClN5O. The Bertz CT molecular complexity index is 1090. The molecule has 0 atom stereocenters. The van der Waals surface area contributed by atoms with Gasteiger partial charge in [-0.2, -0.15) is 0 Å². The zero-order chi connectivity index (χ0) is 20.1. The third-order valence-electron chi connectivity index (χ3n) is 4.54. The largest absolute Gasteiger partial charge is 0.350 e. The summed E-state index contributed by atoms with van der Waals surface area (Å²) in [4.78, 5) is 12.8. The quantitative estimate of drug-likeness (QED) is 0.509. The summed E-state index contributed by atoms with van der Waals surface area (Å²) >= 11 is 6.10. The summed E-state index contributed by atoms with van der Waals surface area (Å²) in [6, 6.07) is 21.4. The van der Waals surface area contributed by atoms with E-state index in [2.05, 4.69) is 15.6 Å². The van der Waals surface area contributed by atoms with E-state index in [1.54, 1.807) is 4.68 Å². The van der Waals surface area contributed by atoms with Crippen LogP contribution in [0.3, 0.4) is 0 Å². The lowest BCUT2D eigenvalue weighted by molar-refractivity contribution is 0.0949. The Hall–Kier alpha value is -3.38. The Morgan fingerprint density at radius 2 is 1.72 bits per heavy atom. The van der Waals surface area contributed by atoms with Crippen LogP contribution in [-0.2, 0) is 13.0 Å². The Labute approximate surface area is 173 Å². The maximum Gasteiger partial charge on any atom is 0.275 e. The number of amides is 1. The summed E-state index contributed by atoms with van der Waals surface area (Å²) in [5.74, 6) is 0.370. The van der Waals surface area contributed by atoms with Gasteiger partial charge in [0, 0.05) is 24.0 Å². The zero-order valence-electron chi connectivity index (χ0n) is 15.7. The molecule has 2 heterocycles. The van der Waals surface area contributed by atoms with Crippen LogP contribution in [0.4, 0.5) is 0 Å². The molecule has 0 radical (unpaired) electrons. The third-order valence-corrected chi connectivity index (χ3v) is 4.77. The highest BCUT2D eigenvalue weighted by atomic mass is 35.5. The number of halogens is 1. The van der Waals surface area contributed by atoms with Crippen molar-refractivity contribution in [2.75, 3.05) is 6.54 Å². The van der Waals surface area contributed by atoms with Crippen LogP contribution in [0.5, 0.6) is 0 Å². The van der Waals surface area contributed by atoms with Crippen molar-refractivity contribution in [3.05, 3.63) is 101 Å². The second-order valence-corrected chi connectivity index (χ2v) is 7.07. The maximum atomic E-state index is 12.8. The first-order valence-electron chi connectivity index (χ1n) is 9.34. The molecule has 4 aromatic rings. The Morgan fingerprint density at radius 1 is 0.966 bits per heavy atom. The predicted molar refractivity (Wildman–Crippen MR) is 112 cm³/mol. The molecule has 0 aliphatic heterocycles. The van der Waals surface area contributed by atoms with Crippen molar-refractivity contribution in [3.63, 3.8) is 0 Å². The van der Waals surface area contributed by atoms with Gasteiger partial charge in [0.15, 0.2) is 11.5 Å². The molecule has 0 unspecified atom stereocenters. The summed E-state index contributed by atoms with van der Waals surface area (Å²) < 4.78 is 3.55. The van der Waals surface area contributed by atoms with Crippen LogP contribution in [0.25, 0.3) is 5.82 Å². The van der Waals surface area contributed by atoms with Crippen molar-refractivity contribution in [2.24, 2.45) is 0 Å². The number of benzene rings is 2. The minimum absolute atomic E-state index is 0.248. The van der Waals surface area contributed by atoms with E-state index in [0.29, 0.717) is 23.9 Å². The van der Waals surface area contributed by atoms with Crippen molar-refractivity contribution >= 4 is 17.5 Å². The van der Waals surface area contributed by atoms with Crippen molar-refractivity contribution in [1.29, 1.82) is 0 Å². The van der Waals surface area contributed by atoms with Gasteiger partial charge in [-0.3, -0.25) is 4.79 Å². The second-order valence-electron chi connectivity index (χ2n) is 6.63. The van der Waals surface area contributed by atoms with Crippen molar-refractivity contribution in [1.82, 2.24) is 24.9 Å². The van der Waals surface area contributed by atoms with Gasteiger partial charge in [0.1, 0.15) is 0 Å². The van der Waals surface area contributed by atoms with Crippen LogP contribution in [0.1, 0.15) is 21.6 Å². The Morgan fingerprint density at radius 3 is 2.48 bits per heavy atom. The molecule has 0 fully saturated rings. The van der Waals surface area contributed by atoms with Gasteiger partial charge in [0.2, 0.25) is 0 Å². The van der Waals surface area contributed by atoms with E-state index < -0.39 is 0 Å². The van der Waals surface area contributed by atoms with Gasteiger partial charge in [-0.15, -0.1) is 5.10 Å². The molecule has 0 bridgehead atoms. The Balaban J connectivity index is 1.55. The molecule has 0 aliphatic rings. The smallest absolute Gasteiger partial charge is 0.275 e. The number of rotatable bonds is 7. The molecule has 0 saturated carbocycles. The van der Waals surface area contributed by atoms with Gasteiger partial charge in [-0.05, 0) is 41.8 Å². The Kier molecular flexibility index (Phi) is 5.72. The highest BCUT2D eigenvalue weighted by Crippen LogP contribution is 2.17. The van der Waals surface area contributed by atoms with Crippen molar-refractivity contribution in [3.8, 4) is 5.82 Å². The van der Waals surface area contributed by atoms with E-state index in [1.165, 1.54) is 5.56 Å². The summed E-state index contributed by atoms with van der Waals surface area (Å²) in [6.07, 6.45) is 4.49. The molecule has 4 rings (SSSR count). The van der Waals surface area contributed by atoms with Crippen molar-refractivity contribution < 1.29 is 4.79 Å². The van der Waals surface area contributed by atoms with E-state index in [9.17, 15) is 4.79 Å². The minimum atomic E-state index is -0.248. The first kappa shape index (κ1) is 19.0. The molecule has 2 aromatic carbocycles. The average molecular weight is 406 g/mol. The topological polar surface area (TPSA) is 64.7 Å². The predicted octanol–water partition coefficient (Wildman–Crippen LogP) is 3.74. The van der Waals surface area contributed by atoms with Gasteiger partial charge in [0.25, 0.3) is 5.91 Å². The monoisotopic (exact) mass is 405 g/mol. The summed E-state index contributed by atoms with van der Waals surface area (Å²) in [5.41, 5.74) is 2.44. The first-order chi connectivity index (χ1) is 14.2. The molecule has 1 amide bonds. The van der Waals surface area contributed by atoms with E-state index >= 15 is 0 Å². The number of nitrogens with zero attached hydrogens (tertiary/aromatic N) is 4. The molecule has 6 nitrogen and oxygen atoms in total. The van der Waals surface area contributed by atoms with Crippen molar-refractivity contribution in [2.45, 2.75) is 13.0 Å². The van der Waals surface area contributed by atoms with Gasteiger partial charge >= 0.3 is 0 Å². The molecule has 0 aliphatic carbocycles. The normalized spacial score (nSPS) is 10.8. The standard InChI is InChI=1S/C22H20ClN5O/c23-19-10-6-9-18(15-19)16-28-22(27-13-4-5-14-27)20(25-26-28)21(29)24-12-11-17-7-2-1-3-8-17/h1-10,13-15H,11-12,16H2,(H,24,29). The fourth-order valence-electron chi connectivity index (χ4n) is 3.15. The molecule has 2 aromatic heterocycles. The summed E-state index contributed by atoms with van der Waals surface area (Å²) in [7, 11) is 0. The highest BCUT2D eigenvalue weighted by molar-refractivity contribution is 6.30. The number of hydrogen-bond donors (Lipinski definition) is 1. The molecule has 146 valence electrons. The molecule has 1 N–H and O–H groups in total. The van der Waals surface area contributed by atoms with Crippen LogP contribution in [0, 0.1) is 0 Å². The fourth-order valence-corrected chi connectivity index (χ4v) is 3.36. The minimum Gasteiger partial charge on any atom is -0.350 e. The van der Waals surface area contributed by atoms with E-state index in [0.717, 1.165) is 12.0 Å². The lowest BCUT2D eigenvalue weighted by atomic mass is 10.1. The lowest BCUT2D eigenvalue weighted by Crippen LogP contribution is -2.27. The molecule has 7 heteroatoms. The van der Waals surface area contributed by atoms with Crippen LogP contribution in [0.15, 0.2) is 79.1 Å². The van der Waals surface area contributed by atoms with Gasteiger partial charge in [-0.1, -0.05) is 59.3 Å². The number of carbonyl (C=O) groups excluding carboxylic acids is 1. The third kappa shape index (κ3) is 4.55. The number of carbonyl (C=O) groups is 1.